The second-order valence-corrected chi connectivity index (χ2v) is 11.1. The van der Waals surface area contributed by atoms with Crippen molar-refractivity contribution < 1.29 is 4.79 Å². The van der Waals surface area contributed by atoms with Gasteiger partial charge in [-0.2, -0.15) is 0 Å². The fraction of sp³-hybridized carbons (Fsp3) is 0.844. The molecule has 1 rings (SSSR count). The van der Waals surface area contributed by atoms with Crippen molar-refractivity contribution in [1.29, 1.82) is 0 Å². The summed E-state index contributed by atoms with van der Waals surface area (Å²) in [6, 6.07) is 0. The summed E-state index contributed by atoms with van der Waals surface area (Å²) >= 11 is 0. The van der Waals surface area contributed by atoms with Gasteiger partial charge in [-0.25, -0.2) is 0 Å². The maximum absolute atomic E-state index is 12.0. The van der Waals surface area contributed by atoms with Crippen molar-refractivity contribution in [2.45, 2.75) is 155 Å². The molecule has 0 saturated carbocycles. The van der Waals surface area contributed by atoms with Gasteiger partial charge in [0.25, 0.3) is 0 Å². The highest BCUT2D eigenvalue weighted by molar-refractivity contribution is 5.76. The van der Waals surface area contributed by atoms with E-state index < -0.39 is 0 Å². The number of likely N-dealkylation sites (tertiary alicyclic amines) is 1. The molecular weight excluding hydrogens is 414 g/mol. The van der Waals surface area contributed by atoms with Gasteiger partial charge < -0.3 is 4.90 Å². The Kier molecular flexibility index (Phi) is 21.6. The lowest BCUT2D eigenvalue weighted by Crippen LogP contribution is -2.27. The summed E-state index contributed by atoms with van der Waals surface area (Å²) in [6.07, 6.45) is 38.1. The first kappa shape index (κ1) is 31.0. The van der Waals surface area contributed by atoms with Crippen LogP contribution in [0.1, 0.15) is 155 Å². The van der Waals surface area contributed by atoms with E-state index in [1.807, 2.05) is 4.90 Å². The van der Waals surface area contributed by atoms with Crippen LogP contribution in [0.3, 0.4) is 0 Å². The van der Waals surface area contributed by atoms with Gasteiger partial charge in [-0.1, -0.05) is 122 Å². The number of hydrogen-bond donors (Lipinski definition) is 0. The van der Waals surface area contributed by atoms with Gasteiger partial charge in [-0.3, -0.25) is 4.79 Å². The summed E-state index contributed by atoms with van der Waals surface area (Å²) in [5.74, 6) is 1.25. The Morgan fingerprint density at radius 1 is 0.588 bits per heavy atom. The van der Waals surface area contributed by atoms with Crippen LogP contribution in [0.15, 0.2) is 24.3 Å². The van der Waals surface area contributed by atoms with Gasteiger partial charge in [0.05, 0.1) is 0 Å². The molecule has 1 amide bonds. The van der Waals surface area contributed by atoms with Crippen LogP contribution < -0.4 is 0 Å². The van der Waals surface area contributed by atoms with Gasteiger partial charge in [-0.15, -0.1) is 0 Å². The van der Waals surface area contributed by atoms with Crippen LogP contribution in [0.4, 0.5) is 0 Å². The smallest absolute Gasteiger partial charge is 0.222 e. The van der Waals surface area contributed by atoms with Crippen LogP contribution in [0.5, 0.6) is 0 Å². The van der Waals surface area contributed by atoms with Crippen molar-refractivity contribution in [1.82, 2.24) is 4.90 Å². The van der Waals surface area contributed by atoms with E-state index in [9.17, 15) is 4.79 Å². The molecule has 1 heterocycles. The van der Waals surface area contributed by atoms with E-state index in [2.05, 4.69) is 38.2 Å². The molecular formula is C32H59NO. The van der Waals surface area contributed by atoms with E-state index in [1.165, 1.54) is 109 Å². The molecule has 0 N–H and O–H groups in total. The first-order valence-corrected chi connectivity index (χ1v) is 15.3. The zero-order chi connectivity index (χ0) is 24.5. The third kappa shape index (κ3) is 20.3. The Labute approximate surface area is 214 Å². The quantitative estimate of drug-likeness (QED) is 0.107. The molecule has 2 heteroatoms. The molecule has 0 aromatic rings. The Morgan fingerprint density at radius 3 is 1.50 bits per heavy atom. The van der Waals surface area contributed by atoms with Gasteiger partial charge in [0.2, 0.25) is 5.91 Å². The third-order valence-corrected chi connectivity index (χ3v) is 7.21. The molecule has 0 atom stereocenters. The lowest BCUT2D eigenvalue weighted by molar-refractivity contribution is -0.130. The molecule has 0 aromatic carbocycles. The molecule has 1 fully saturated rings. The summed E-state index contributed by atoms with van der Waals surface area (Å²) in [5.41, 5.74) is 0. The zero-order valence-corrected chi connectivity index (χ0v) is 23.2. The molecule has 0 aromatic heterocycles. The number of carbonyl (C=O) groups excluding carboxylic acids is 1. The van der Waals surface area contributed by atoms with Crippen LogP contribution in [0.2, 0.25) is 0 Å². The van der Waals surface area contributed by atoms with Crippen molar-refractivity contribution in [2.75, 3.05) is 13.1 Å². The van der Waals surface area contributed by atoms with Gasteiger partial charge in [0.15, 0.2) is 0 Å². The summed E-state index contributed by atoms with van der Waals surface area (Å²) in [7, 11) is 0. The van der Waals surface area contributed by atoms with E-state index >= 15 is 0 Å². The molecule has 0 unspecified atom stereocenters. The fourth-order valence-corrected chi connectivity index (χ4v) is 4.92. The number of rotatable bonds is 23. The maximum atomic E-state index is 12.0. The largest absolute Gasteiger partial charge is 0.343 e. The minimum absolute atomic E-state index is 0.363. The van der Waals surface area contributed by atoms with Crippen molar-refractivity contribution >= 4 is 5.91 Å². The number of unbranched alkanes of at least 4 members (excludes halogenated alkanes) is 15. The predicted molar refractivity (Wildman–Crippen MR) is 151 cm³/mol. The molecule has 0 aliphatic carbocycles. The number of hydrogen-bond acceptors (Lipinski definition) is 1. The number of allylic oxidation sites excluding steroid dienone is 4. The Morgan fingerprint density at radius 2 is 1.00 bits per heavy atom. The molecule has 34 heavy (non-hydrogen) atoms. The highest BCUT2D eigenvalue weighted by Crippen LogP contribution is 2.15. The molecule has 198 valence electrons. The first-order valence-electron chi connectivity index (χ1n) is 15.3. The summed E-state index contributed by atoms with van der Waals surface area (Å²) in [4.78, 5) is 14.0. The third-order valence-electron chi connectivity index (χ3n) is 7.21. The fourth-order valence-electron chi connectivity index (χ4n) is 4.92. The average molecular weight is 474 g/mol. The van der Waals surface area contributed by atoms with Crippen LogP contribution in [-0.2, 0) is 4.79 Å². The highest BCUT2D eigenvalue weighted by Gasteiger charge is 2.16. The van der Waals surface area contributed by atoms with Gasteiger partial charge in [0, 0.05) is 19.5 Å². The SMILES string of the molecule is CC(C)CCCCCCCCCCCCCCC/C=C/CC/C=C/CCCC(=O)N1CCCC1. The predicted octanol–water partition coefficient (Wildman–Crippen LogP) is 10.2. The summed E-state index contributed by atoms with van der Waals surface area (Å²) in [5, 5.41) is 0. The van der Waals surface area contributed by atoms with Crippen molar-refractivity contribution in [3.63, 3.8) is 0 Å². The van der Waals surface area contributed by atoms with E-state index in [0.717, 1.165) is 51.1 Å². The van der Waals surface area contributed by atoms with E-state index in [4.69, 9.17) is 0 Å². The normalized spacial score (nSPS) is 14.4. The molecule has 0 radical (unpaired) electrons. The Balaban J connectivity index is 1.72. The molecule has 0 spiro atoms. The lowest BCUT2D eigenvalue weighted by Gasteiger charge is -2.14. The number of amides is 1. The van der Waals surface area contributed by atoms with Crippen molar-refractivity contribution in [3.05, 3.63) is 24.3 Å². The van der Waals surface area contributed by atoms with Crippen molar-refractivity contribution in [2.24, 2.45) is 5.92 Å². The molecule has 1 saturated heterocycles. The van der Waals surface area contributed by atoms with Crippen LogP contribution in [0, 0.1) is 5.92 Å². The van der Waals surface area contributed by atoms with Crippen LogP contribution in [0.25, 0.3) is 0 Å². The highest BCUT2D eigenvalue weighted by atomic mass is 16.2. The van der Waals surface area contributed by atoms with E-state index in [0.29, 0.717) is 5.91 Å². The first-order chi connectivity index (χ1) is 16.7. The summed E-state index contributed by atoms with van der Waals surface area (Å²) < 4.78 is 0. The summed E-state index contributed by atoms with van der Waals surface area (Å²) in [6.45, 7) is 6.65. The van der Waals surface area contributed by atoms with Gasteiger partial charge in [-0.05, 0) is 57.3 Å². The standard InChI is InChI=1S/C32H59NO/c1-31(2)27-23-21-19-17-15-13-11-9-7-5-3-4-6-8-10-12-14-16-18-20-22-24-28-32(34)33-29-25-26-30-33/h10,12,18,20,31H,3-9,11,13-17,19,21-30H2,1-2H3/b12-10+,20-18+. The second kappa shape index (κ2) is 23.7. The van der Waals surface area contributed by atoms with E-state index in [1.54, 1.807) is 0 Å². The minimum Gasteiger partial charge on any atom is -0.343 e. The zero-order valence-electron chi connectivity index (χ0n) is 23.2. The Bertz CT molecular complexity index is 501. The molecule has 0 bridgehead atoms. The lowest BCUT2D eigenvalue weighted by atomic mass is 10.0. The molecule has 1 aliphatic heterocycles. The maximum Gasteiger partial charge on any atom is 0.222 e. The van der Waals surface area contributed by atoms with Crippen LogP contribution >= 0.6 is 0 Å². The minimum atomic E-state index is 0.363. The average Bonchev–Trinajstić information content (AvgIpc) is 3.37. The second-order valence-electron chi connectivity index (χ2n) is 11.1. The molecule has 1 aliphatic rings. The van der Waals surface area contributed by atoms with Crippen LogP contribution in [-0.4, -0.2) is 23.9 Å². The topological polar surface area (TPSA) is 20.3 Å². The molecule has 2 nitrogen and oxygen atoms in total. The monoisotopic (exact) mass is 473 g/mol. The van der Waals surface area contributed by atoms with E-state index in [-0.39, 0.29) is 0 Å². The number of nitrogens with zero attached hydrogens (tertiary/aromatic N) is 1. The number of carbonyl (C=O) groups is 1. The van der Waals surface area contributed by atoms with Gasteiger partial charge in [0.1, 0.15) is 0 Å². The van der Waals surface area contributed by atoms with Crippen molar-refractivity contribution in [3.8, 4) is 0 Å². The Hall–Kier alpha value is -1.05. The van der Waals surface area contributed by atoms with Gasteiger partial charge >= 0.3 is 0 Å².